The van der Waals surface area contributed by atoms with E-state index in [2.05, 4.69) is 10.2 Å². The first-order valence-electron chi connectivity index (χ1n) is 9.75. The summed E-state index contributed by atoms with van der Waals surface area (Å²) in [5.41, 5.74) is 2.80. The highest BCUT2D eigenvalue weighted by Crippen LogP contribution is 2.24. The maximum atomic E-state index is 12.9. The summed E-state index contributed by atoms with van der Waals surface area (Å²) in [5, 5.41) is 19.5. The van der Waals surface area contributed by atoms with Crippen molar-refractivity contribution < 1.29 is 13.3 Å². The van der Waals surface area contributed by atoms with E-state index in [4.69, 9.17) is 0 Å². The quantitative estimate of drug-likeness (QED) is 0.444. The van der Waals surface area contributed by atoms with E-state index in [1.54, 1.807) is 0 Å². The minimum atomic E-state index is -3.71. The lowest BCUT2D eigenvalue weighted by Gasteiger charge is -2.34. The van der Waals surface area contributed by atoms with Crippen LogP contribution >= 0.6 is 0 Å². The minimum absolute atomic E-state index is 0.0499. The largest absolute Gasteiger partial charge is 0.352 e. The molecule has 9 nitrogen and oxygen atoms in total. The number of benzene rings is 2. The van der Waals surface area contributed by atoms with E-state index in [0.717, 1.165) is 16.8 Å². The van der Waals surface area contributed by atoms with Crippen molar-refractivity contribution in [1.82, 2.24) is 14.5 Å². The number of hydrogen-bond donors (Lipinski definition) is 0. The number of nitro groups is 1. The van der Waals surface area contributed by atoms with Crippen LogP contribution in [-0.2, 0) is 10.0 Å². The maximum Gasteiger partial charge on any atom is 0.269 e. The van der Waals surface area contributed by atoms with Gasteiger partial charge in [-0.1, -0.05) is 24.3 Å². The summed E-state index contributed by atoms with van der Waals surface area (Å²) in [6.45, 7) is 3.56. The van der Waals surface area contributed by atoms with Gasteiger partial charge in [-0.2, -0.15) is 4.31 Å². The molecule has 2 heterocycles. The van der Waals surface area contributed by atoms with Crippen LogP contribution in [0.3, 0.4) is 0 Å². The second-order valence-corrected chi connectivity index (χ2v) is 9.17. The van der Waals surface area contributed by atoms with E-state index in [-0.39, 0.29) is 10.6 Å². The third-order valence-electron chi connectivity index (χ3n) is 5.32. The molecule has 4 rings (SSSR count). The summed E-state index contributed by atoms with van der Waals surface area (Å²) < 4.78 is 27.1. The monoisotopic (exact) mass is 439 g/mol. The van der Waals surface area contributed by atoms with Gasteiger partial charge in [-0.15, -0.1) is 10.2 Å². The van der Waals surface area contributed by atoms with E-state index < -0.39 is 14.9 Å². The Labute approximate surface area is 180 Å². The van der Waals surface area contributed by atoms with Gasteiger partial charge in [0.2, 0.25) is 10.0 Å². The van der Waals surface area contributed by atoms with E-state index in [1.807, 2.05) is 48.2 Å². The van der Waals surface area contributed by atoms with Crippen molar-refractivity contribution in [2.75, 3.05) is 31.1 Å². The number of hydrogen-bond acceptors (Lipinski definition) is 7. The molecule has 2 aromatic carbocycles. The molecular formula is C21H21N5O4S. The fraction of sp³-hybridized carbons (Fsp3) is 0.238. The molecule has 0 radical (unpaired) electrons. The van der Waals surface area contributed by atoms with Gasteiger partial charge in [-0.25, -0.2) is 8.42 Å². The van der Waals surface area contributed by atoms with Gasteiger partial charge >= 0.3 is 0 Å². The summed E-state index contributed by atoms with van der Waals surface area (Å²) in [7, 11) is -3.71. The molecular weight excluding hydrogens is 418 g/mol. The van der Waals surface area contributed by atoms with Crippen LogP contribution in [0, 0.1) is 17.0 Å². The molecule has 0 bridgehead atoms. The van der Waals surface area contributed by atoms with Gasteiger partial charge < -0.3 is 4.90 Å². The zero-order valence-electron chi connectivity index (χ0n) is 16.9. The molecule has 1 saturated heterocycles. The predicted molar refractivity (Wildman–Crippen MR) is 116 cm³/mol. The van der Waals surface area contributed by atoms with E-state index in [0.29, 0.717) is 32.0 Å². The second-order valence-electron chi connectivity index (χ2n) is 7.23. The zero-order valence-corrected chi connectivity index (χ0v) is 17.7. The van der Waals surface area contributed by atoms with E-state index >= 15 is 0 Å². The van der Waals surface area contributed by atoms with Gasteiger partial charge in [0.05, 0.1) is 15.5 Å². The van der Waals surface area contributed by atoms with Crippen LogP contribution < -0.4 is 4.90 Å². The Morgan fingerprint density at radius 1 is 0.903 bits per heavy atom. The maximum absolute atomic E-state index is 12.9. The highest BCUT2D eigenvalue weighted by molar-refractivity contribution is 7.89. The van der Waals surface area contributed by atoms with Crippen LogP contribution in [0.2, 0.25) is 0 Å². The minimum Gasteiger partial charge on any atom is -0.352 e. The van der Waals surface area contributed by atoms with Gasteiger partial charge in [0.1, 0.15) is 0 Å². The van der Waals surface area contributed by atoms with Crippen molar-refractivity contribution in [3.05, 3.63) is 76.3 Å². The Balaban J connectivity index is 1.43. The summed E-state index contributed by atoms with van der Waals surface area (Å²) in [6.07, 6.45) is 0. The molecule has 1 aliphatic heterocycles. The molecule has 3 aromatic rings. The molecule has 1 aliphatic rings. The Kier molecular flexibility index (Phi) is 5.66. The van der Waals surface area contributed by atoms with E-state index in [1.165, 1.54) is 28.6 Å². The van der Waals surface area contributed by atoms with Crippen LogP contribution in [0.5, 0.6) is 0 Å². The van der Waals surface area contributed by atoms with Crippen molar-refractivity contribution >= 4 is 21.5 Å². The number of aryl methyl sites for hydroxylation is 1. The summed E-state index contributed by atoms with van der Waals surface area (Å²) in [5.74, 6) is 0.699. The van der Waals surface area contributed by atoms with Crippen molar-refractivity contribution in [2.24, 2.45) is 0 Å². The highest BCUT2D eigenvalue weighted by Gasteiger charge is 2.29. The number of aromatic nitrogens is 2. The Hall–Kier alpha value is -3.37. The molecule has 31 heavy (non-hydrogen) atoms. The van der Waals surface area contributed by atoms with Crippen LogP contribution in [0.15, 0.2) is 65.6 Å². The normalized spacial score (nSPS) is 15.1. The van der Waals surface area contributed by atoms with Crippen LogP contribution in [0.1, 0.15) is 5.56 Å². The van der Waals surface area contributed by atoms with Crippen LogP contribution in [0.4, 0.5) is 11.5 Å². The average molecular weight is 439 g/mol. The number of anilines is 1. The first kappa shape index (κ1) is 20.9. The first-order chi connectivity index (χ1) is 14.9. The molecule has 0 saturated carbocycles. The number of piperazine rings is 1. The SMILES string of the molecule is Cc1ccccc1-c1ccc(N2CCN(S(=O)(=O)c3ccc([N+](=O)[O-])cc3)CC2)nn1. The van der Waals surface area contributed by atoms with Gasteiger partial charge in [0.25, 0.3) is 5.69 Å². The van der Waals surface area contributed by atoms with Gasteiger partial charge in [-0.05, 0) is 36.8 Å². The summed E-state index contributed by atoms with van der Waals surface area (Å²) >= 11 is 0. The number of non-ortho nitro benzene ring substituents is 1. The fourth-order valence-corrected chi connectivity index (χ4v) is 4.97. The molecule has 0 amide bonds. The molecule has 0 N–H and O–H groups in total. The Morgan fingerprint density at radius 3 is 2.16 bits per heavy atom. The summed E-state index contributed by atoms with van der Waals surface area (Å²) in [4.78, 5) is 12.3. The van der Waals surface area contributed by atoms with Crippen LogP contribution in [-0.4, -0.2) is 54.0 Å². The molecule has 0 atom stereocenters. The van der Waals surface area contributed by atoms with Gasteiger partial charge in [0.15, 0.2) is 5.82 Å². The van der Waals surface area contributed by atoms with E-state index in [9.17, 15) is 18.5 Å². The molecule has 0 aliphatic carbocycles. The van der Waals surface area contributed by atoms with Crippen molar-refractivity contribution in [3.63, 3.8) is 0 Å². The van der Waals surface area contributed by atoms with Crippen LogP contribution in [0.25, 0.3) is 11.3 Å². The summed E-state index contributed by atoms with van der Waals surface area (Å²) in [6, 6.07) is 16.7. The molecule has 0 spiro atoms. The molecule has 0 unspecified atom stereocenters. The number of rotatable bonds is 5. The number of nitro benzene ring substituents is 1. The second kappa shape index (κ2) is 8.40. The molecule has 10 heteroatoms. The standard InChI is InChI=1S/C21H21N5O4S/c1-16-4-2-3-5-19(16)20-10-11-21(23-22-20)24-12-14-25(15-13-24)31(29,30)18-8-6-17(7-9-18)26(27)28/h2-11H,12-15H2,1H3. The van der Waals surface area contributed by atoms with Gasteiger partial charge in [0, 0.05) is 43.9 Å². The number of nitrogens with zero attached hydrogens (tertiary/aromatic N) is 5. The highest BCUT2D eigenvalue weighted by atomic mass is 32.2. The smallest absolute Gasteiger partial charge is 0.269 e. The first-order valence-corrected chi connectivity index (χ1v) is 11.2. The van der Waals surface area contributed by atoms with Crippen molar-refractivity contribution in [1.29, 1.82) is 0 Å². The lowest BCUT2D eigenvalue weighted by atomic mass is 10.1. The lowest BCUT2D eigenvalue weighted by Crippen LogP contribution is -2.49. The predicted octanol–water partition coefficient (Wildman–Crippen LogP) is 2.87. The molecule has 160 valence electrons. The number of sulfonamides is 1. The molecule has 1 fully saturated rings. The Bertz CT molecular complexity index is 1190. The third-order valence-corrected chi connectivity index (χ3v) is 7.23. The topological polar surface area (TPSA) is 110 Å². The fourth-order valence-electron chi connectivity index (χ4n) is 3.54. The average Bonchev–Trinajstić information content (AvgIpc) is 2.80. The Morgan fingerprint density at radius 2 is 1.58 bits per heavy atom. The van der Waals surface area contributed by atoms with Crippen molar-refractivity contribution in [2.45, 2.75) is 11.8 Å². The third kappa shape index (κ3) is 4.25. The zero-order chi connectivity index (χ0) is 22.0. The lowest BCUT2D eigenvalue weighted by molar-refractivity contribution is -0.384. The van der Waals surface area contributed by atoms with Gasteiger partial charge in [-0.3, -0.25) is 10.1 Å². The van der Waals surface area contributed by atoms with Crippen molar-refractivity contribution in [3.8, 4) is 11.3 Å². The molecule has 1 aromatic heterocycles.